The Morgan fingerprint density at radius 1 is 1.20 bits per heavy atom. The fourth-order valence-corrected chi connectivity index (χ4v) is 3.46. The van der Waals surface area contributed by atoms with Gasteiger partial charge in [-0.2, -0.15) is 0 Å². The summed E-state index contributed by atoms with van der Waals surface area (Å²) in [5.41, 5.74) is 0.659. The number of halogens is 1. The smallest absolute Gasteiger partial charge is 0.322 e. The van der Waals surface area contributed by atoms with E-state index in [2.05, 4.69) is 5.32 Å². The summed E-state index contributed by atoms with van der Waals surface area (Å²) in [6, 6.07) is 7.06. The van der Waals surface area contributed by atoms with Crippen molar-refractivity contribution in [1.82, 2.24) is 4.90 Å². The first-order valence-electron chi connectivity index (χ1n) is 9.00. The molecule has 1 saturated carbocycles. The molecule has 1 aromatic rings. The Bertz CT molecular complexity index is 572. The highest BCUT2D eigenvalue weighted by Gasteiger charge is 2.25. The Labute approximate surface area is 154 Å². The normalized spacial score (nSPS) is 15.8. The van der Waals surface area contributed by atoms with Crippen molar-refractivity contribution in [2.75, 3.05) is 19.0 Å². The Morgan fingerprint density at radius 3 is 2.52 bits per heavy atom. The molecule has 0 spiro atoms. The molecule has 5 nitrogen and oxygen atoms in total. The molecule has 1 fully saturated rings. The van der Waals surface area contributed by atoms with E-state index in [4.69, 9.17) is 16.3 Å². The van der Waals surface area contributed by atoms with Crippen LogP contribution in [0.15, 0.2) is 24.3 Å². The number of hydrogen-bond acceptors (Lipinski definition) is 3. The van der Waals surface area contributed by atoms with Gasteiger partial charge in [0.05, 0.1) is 13.5 Å². The molecular weight excluding hydrogens is 340 g/mol. The van der Waals surface area contributed by atoms with Gasteiger partial charge in [0.1, 0.15) is 0 Å². The number of esters is 1. The number of hydrogen-bond donors (Lipinski definition) is 1. The summed E-state index contributed by atoms with van der Waals surface area (Å²) >= 11 is 5.99. The van der Waals surface area contributed by atoms with Crippen molar-refractivity contribution in [2.45, 2.75) is 57.4 Å². The first-order valence-corrected chi connectivity index (χ1v) is 9.38. The van der Waals surface area contributed by atoms with Gasteiger partial charge in [0.2, 0.25) is 0 Å². The van der Waals surface area contributed by atoms with Crippen molar-refractivity contribution in [1.29, 1.82) is 0 Å². The Balaban J connectivity index is 2.07. The van der Waals surface area contributed by atoms with Crippen molar-refractivity contribution >= 4 is 29.3 Å². The van der Waals surface area contributed by atoms with Gasteiger partial charge >= 0.3 is 12.0 Å². The van der Waals surface area contributed by atoms with Gasteiger partial charge in [-0.3, -0.25) is 4.79 Å². The molecule has 0 heterocycles. The number of benzene rings is 1. The summed E-state index contributed by atoms with van der Waals surface area (Å²) in [6.07, 6.45) is 8.07. The number of amides is 2. The number of ether oxygens (including phenoxy) is 1. The highest BCUT2D eigenvalue weighted by Crippen LogP contribution is 2.23. The molecule has 0 aromatic heterocycles. The monoisotopic (exact) mass is 366 g/mol. The van der Waals surface area contributed by atoms with E-state index in [0.717, 1.165) is 25.7 Å². The van der Waals surface area contributed by atoms with E-state index in [1.807, 2.05) is 0 Å². The third-order valence-corrected chi connectivity index (χ3v) is 4.87. The first-order chi connectivity index (χ1) is 12.1. The van der Waals surface area contributed by atoms with E-state index in [-0.39, 0.29) is 24.5 Å². The minimum Gasteiger partial charge on any atom is -0.469 e. The number of carbonyl (C=O) groups excluding carboxylic acids is 2. The number of nitrogens with one attached hydrogen (secondary N) is 1. The van der Waals surface area contributed by atoms with Gasteiger partial charge in [-0.25, -0.2) is 4.79 Å². The van der Waals surface area contributed by atoms with Gasteiger partial charge in [0, 0.05) is 23.3 Å². The van der Waals surface area contributed by atoms with Crippen LogP contribution >= 0.6 is 11.6 Å². The third-order valence-electron chi connectivity index (χ3n) is 4.64. The fourth-order valence-electron chi connectivity index (χ4n) is 3.27. The summed E-state index contributed by atoms with van der Waals surface area (Å²) in [6.45, 7) is 0.365. The lowest BCUT2D eigenvalue weighted by molar-refractivity contribution is -0.140. The first kappa shape index (κ1) is 19.6. The van der Waals surface area contributed by atoms with Crippen LogP contribution in [0.25, 0.3) is 0 Å². The van der Waals surface area contributed by atoms with E-state index in [0.29, 0.717) is 17.3 Å². The molecule has 1 N–H and O–H groups in total. The number of anilines is 1. The second-order valence-electron chi connectivity index (χ2n) is 6.46. The molecular formula is C19H27ClN2O3. The minimum atomic E-state index is -0.300. The zero-order chi connectivity index (χ0) is 18.1. The van der Waals surface area contributed by atoms with E-state index in [1.165, 1.54) is 26.4 Å². The van der Waals surface area contributed by atoms with Crippen molar-refractivity contribution in [3.8, 4) is 0 Å². The van der Waals surface area contributed by atoms with Crippen LogP contribution in [0.1, 0.15) is 51.4 Å². The van der Waals surface area contributed by atoms with Gasteiger partial charge in [-0.15, -0.1) is 0 Å². The lowest BCUT2D eigenvalue weighted by Gasteiger charge is -2.33. The molecule has 2 amide bonds. The average Bonchev–Trinajstić information content (AvgIpc) is 2.56. The molecule has 1 aromatic carbocycles. The van der Waals surface area contributed by atoms with Crippen molar-refractivity contribution in [3.05, 3.63) is 29.3 Å². The molecule has 138 valence electrons. The zero-order valence-electron chi connectivity index (χ0n) is 14.8. The van der Waals surface area contributed by atoms with Gasteiger partial charge in [-0.05, 0) is 31.0 Å². The molecule has 1 aliphatic rings. The molecule has 0 atom stereocenters. The van der Waals surface area contributed by atoms with Crippen LogP contribution in [0.4, 0.5) is 10.5 Å². The van der Waals surface area contributed by atoms with Crippen LogP contribution in [0.2, 0.25) is 5.02 Å². The quantitative estimate of drug-likeness (QED) is 0.758. The van der Waals surface area contributed by atoms with Crippen LogP contribution in [-0.4, -0.2) is 36.6 Å². The SMILES string of the molecule is COC(=O)CCN(C(=O)Nc1cccc(Cl)c1)C1CCCCCCC1. The summed E-state index contributed by atoms with van der Waals surface area (Å²) in [4.78, 5) is 26.2. The lowest BCUT2D eigenvalue weighted by Crippen LogP contribution is -2.44. The van der Waals surface area contributed by atoms with Crippen molar-refractivity contribution in [3.63, 3.8) is 0 Å². The molecule has 0 aliphatic heterocycles. The maximum atomic E-state index is 12.8. The maximum Gasteiger partial charge on any atom is 0.322 e. The Kier molecular flexibility index (Phi) is 8.06. The van der Waals surface area contributed by atoms with Crippen LogP contribution < -0.4 is 5.32 Å². The standard InChI is InChI=1S/C19H27ClN2O3/c1-25-18(23)12-13-22(17-10-5-3-2-4-6-11-17)19(24)21-16-9-7-8-15(20)14-16/h7-9,14,17H,2-6,10-13H2,1H3,(H,21,24). The Morgan fingerprint density at radius 2 is 1.88 bits per heavy atom. The fraction of sp³-hybridized carbons (Fsp3) is 0.579. The summed E-state index contributed by atoms with van der Waals surface area (Å²) in [5, 5.41) is 3.48. The largest absolute Gasteiger partial charge is 0.469 e. The van der Waals surface area contributed by atoms with Crippen LogP contribution in [-0.2, 0) is 9.53 Å². The average molecular weight is 367 g/mol. The van der Waals surface area contributed by atoms with E-state index >= 15 is 0 Å². The number of nitrogens with zero attached hydrogens (tertiary/aromatic N) is 1. The predicted molar refractivity (Wildman–Crippen MR) is 99.9 cm³/mol. The second-order valence-corrected chi connectivity index (χ2v) is 6.90. The highest BCUT2D eigenvalue weighted by molar-refractivity contribution is 6.30. The number of carbonyl (C=O) groups is 2. The molecule has 2 rings (SSSR count). The highest BCUT2D eigenvalue weighted by atomic mass is 35.5. The number of methoxy groups -OCH3 is 1. The second kappa shape index (κ2) is 10.3. The lowest BCUT2D eigenvalue weighted by atomic mass is 9.95. The Hall–Kier alpha value is -1.75. The molecule has 25 heavy (non-hydrogen) atoms. The van der Waals surface area contributed by atoms with Gasteiger partial charge in [0.25, 0.3) is 0 Å². The molecule has 1 aliphatic carbocycles. The van der Waals surface area contributed by atoms with Gasteiger partial charge < -0.3 is 15.0 Å². The van der Waals surface area contributed by atoms with E-state index in [9.17, 15) is 9.59 Å². The topological polar surface area (TPSA) is 58.6 Å². The molecule has 0 bridgehead atoms. The molecule has 0 radical (unpaired) electrons. The van der Waals surface area contributed by atoms with E-state index < -0.39 is 0 Å². The number of urea groups is 1. The van der Waals surface area contributed by atoms with Crippen LogP contribution in [0.5, 0.6) is 0 Å². The van der Waals surface area contributed by atoms with E-state index in [1.54, 1.807) is 29.2 Å². The summed E-state index contributed by atoms with van der Waals surface area (Å²) in [7, 11) is 1.37. The molecule has 0 unspecified atom stereocenters. The molecule has 6 heteroatoms. The summed E-state index contributed by atoms with van der Waals surface area (Å²) < 4.78 is 4.73. The third kappa shape index (κ3) is 6.58. The van der Waals surface area contributed by atoms with Gasteiger partial charge in [0.15, 0.2) is 0 Å². The maximum absolute atomic E-state index is 12.8. The van der Waals surface area contributed by atoms with Crippen LogP contribution in [0, 0.1) is 0 Å². The molecule has 0 saturated heterocycles. The number of rotatable bonds is 5. The van der Waals surface area contributed by atoms with Gasteiger partial charge in [-0.1, -0.05) is 49.8 Å². The van der Waals surface area contributed by atoms with Crippen LogP contribution in [0.3, 0.4) is 0 Å². The predicted octanol–water partition coefficient (Wildman–Crippen LogP) is 4.85. The van der Waals surface area contributed by atoms with Crippen molar-refractivity contribution in [2.24, 2.45) is 0 Å². The summed E-state index contributed by atoms with van der Waals surface area (Å²) in [5.74, 6) is -0.300. The minimum absolute atomic E-state index is 0.157. The zero-order valence-corrected chi connectivity index (χ0v) is 15.6. The van der Waals surface area contributed by atoms with Crippen molar-refractivity contribution < 1.29 is 14.3 Å².